The monoisotopic (exact) mass is 481 g/mol. The zero-order chi connectivity index (χ0) is 20.8. The lowest BCUT2D eigenvalue weighted by atomic mass is 10.0. The molecule has 3 aromatic carbocycles. The van der Waals surface area contributed by atoms with Gasteiger partial charge in [-0.3, -0.25) is 4.98 Å². The molecular formula is C21H11Cl4NO2S. The third kappa shape index (κ3) is 3.72. The van der Waals surface area contributed by atoms with Gasteiger partial charge in [-0.2, -0.15) is 0 Å². The first-order chi connectivity index (χ1) is 13.8. The summed E-state index contributed by atoms with van der Waals surface area (Å²) in [6.07, 6.45) is 1.30. The van der Waals surface area contributed by atoms with Gasteiger partial charge in [-0.05, 0) is 54.1 Å². The molecule has 0 spiro atoms. The van der Waals surface area contributed by atoms with E-state index >= 15 is 0 Å². The molecule has 29 heavy (non-hydrogen) atoms. The highest BCUT2D eigenvalue weighted by atomic mass is 35.5. The summed E-state index contributed by atoms with van der Waals surface area (Å²) in [5.74, 6) is 0. The van der Waals surface area contributed by atoms with Gasteiger partial charge in [0, 0.05) is 27.2 Å². The van der Waals surface area contributed by atoms with Crippen LogP contribution in [0.25, 0.3) is 22.0 Å². The molecule has 0 aliphatic heterocycles. The van der Waals surface area contributed by atoms with E-state index < -0.39 is 9.84 Å². The lowest BCUT2D eigenvalue weighted by Crippen LogP contribution is -2.06. The van der Waals surface area contributed by atoms with Gasteiger partial charge in [0.1, 0.15) is 0 Å². The number of halogens is 4. The molecule has 4 aromatic rings. The first-order valence-corrected chi connectivity index (χ1v) is 11.3. The second-order valence-electron chi connectivity index (χ2n) is 6.22. The predicted molar refractivity (Wildman–Crippen MR) is 119 cm³/mol. The number of benzene rings is 3. The quantitative estimate of drug-likeness (QED) is 0.306. The van der Waals surface area contributed by atoms with Gasteiger partial charge >= 0.3 is 0 Å². The molecule has 8 heteroatoms. The van der Waals surface area contributed by atoms with E-state index in [0.717, 1.165) is 0 Å². The summed E-state index contributed by atoms with van der Waals surface area (Å²) in [6, 6.07) is 16.0. The third-order valence-corrected chi connectivity index (χ3v) is 7.30. The fourth-order valence-corrected chi connectivity index (χ4v) is 5.29. The lowest BCUT2D eigenvalue weighted by molar-refractivity contribution is 0.596. The number of nitrogens with zero attached hydrogens (tertiary/aromatic N) is 1. The van der Waals surface area contributed by atoms with E-state index in [1.807, 2.05) is 0 Å². The highest BCUT2D eigenvalue weighted by Crippen LogP contribution is 2.41. The number of fused-ring (bicyclic) bond motifs is 1. The van der Waals surface area contributed by atoms with Crippen molar-refractivity contribution in [3.63, 3.8) is 0 Å². The van der Waals surface area contributed by atoms with Crippen LogP contribution in [0.15, 0.2) is 76.7 Å². The molecule has 0 aliphatic rings. The molecular weight excluding hydrogens is 472 g/mol. The van der Waals surface area contributed by atoms with Crippen LogP contribution in [-0.4, -0.2) is 13.4 Å². The number of aromatic nitrogens is 1. The van der Waals surface area contributed by atoms with Crippen molar-refractivity contribution in [2.24, 2.45) is 0 Å². The summed E-state index contributed by atoms with van der Waals surface area (Å²) in [7, 11) is -3.93. The van der Waals surface area contributed by atoms with E-state index in [-0.39, 0.29) is 9.79 Å². The average molecular weight is 483 g/mol. The Kier molecular flexibility index (Phi) is 5.49. The van der Waals surface area contributed by atoms with Crippen molar-refractivity contribution in [3.05, 3.63) is 87.0 Å². The maximum Gasteiger partial charge on any atom is 0.208 e. The van der Waals surface area contributed by atoms with Crippen LogP contribution in [0.4, 0.5) is 0 Å². The van der Waals surface area contributed by atoms with Gasteiger partial charge in [0.2, 0.25) is 9.84 Å². The minimum Gasteiger partial charge on any atom is -0.253 e. The zero-order valence-electron chi connectivity index (χ0n) is 14.5. The molecule has 0 fully saturated rings. The minimum absolute atomic E-state index is 0.00115. The van der Waals surface area contributed by atoms with E-state index in [1.54, 1.807) is 36.4 Å². The van der Waals surface area contributed by atoms with Gasteiger partial charge < -0.3 is 0 Å². The number of hydrogen-bond donors (Lipinski definition) is 0. The van der Waals surface area contributed by atoms with Crippen LogP contribution in [-0.2, 0) is 9.84 Å². The number of rotatable bonds is 3. The van der Waals surface area contributed by atoms with Crippen LogP contribution in [0.3, 0.4) is 0 Å². The number of sulfone groups is 1. The molecule has 146 valence electrons. The molecule has 0 unspecified atom stereocenters. The maximum absolute atomic E-state index is 13.5. The van der Waals surface area contributed by atoms with E-state index in [1.165, 1.54) is 30.5 Å². The number of pyridine rings is 1. The molecule has 0 saturated heterocycles. The Balaban J connectivity index is 2.14. The highest BCUT2D eigenvalue weighted by molar-refractivity contribution is 7.91. The van der Waals surface area contributed by atoms with Gasteiger partial charge in [0.25, 0.3) is 0 Å². The molecule has 0 amide bonds. The lowest BCUT2D eigenvalue weighted by Gasteiger charge is -2.15. The van der Waals surface area contributed by atoms with Crippen molar-refractivity contribution in [1.82, 2.24) is 4.98 Å². The Morgan fingerprint density at radius 1 is 0.759 bits per heavy atom. The Labute approximate surface area is 187 Å². The van der Waals surface area contributed by atoms with Crippen LogP contribution in [0, 0.1) is 0 Å². The molecule has 0 radical (unpaired) electrons. The smallest absolute Gasteiger partial charge is 0.208 e. The Morgan fingerprint density at radius 2 is 1.45 bits per heavy atom. The third-order valence-electron chi connectivity index (χ3n) is 4.41. The standard InChI is InChI=1S/C21H11Cl4NO2S/c22-13-4-6-15(7-5-13)29(27,28)18-11-26-21-17(25)9-8-16(24)20(21)19(18)12-2-1-3-14(23)10-12/h1-11H. The normalized spacial score (nSPS) is 11.7. The summed E-state index contributed by atoms with van der Waals surface area (Å²) in [4.78, 5) is 4.39. The predicted octanol–water partition coefficient (Wildman–Crippen LogP) is 7.35. The van der Waals surface area contributed by atoms with Gasteiger partial charge in [-0.15, -0.1) is 0 Å². The summed E-state index contributed by atoms with van der Waals surface area (Å²) in [5.41, 5.74) is 1.38. The Hall–Kier alpha value is -1.82. The fourth-order valence-electron chi connectivity index (χ4n) is 3.09. The molecule has 4 rings (SSSR count). The molecule has 0 aliphatic carbocycles. The van der Waals surface area contributed by atoms with Crippen molar-refractivity contribution in [2.45, 2.75) is 9.79 Å². The SMILES string of the molecule is O=S(=O)(c1ccc(Cl)cc1)c1cnc2c(Cl)ccc(Cl)c2c1-c1cccc(Cl)c1. The van der Waals surface area contributed by atoms with Crippen LogP contribution < -0.4 is 0 Å². The van der Waals surface area contributed by atoms with Crippen molar-refractivity contribution in [3.8, 4) is 11.1 Å². The second-order valence-corrected chi connectivity index (χ2v) is 9.82. The zero-order valence-corrected chi connectivity index (χ0v) is 18.4. The van der Waals surface area contributed by atoms with Crippen molar-refractivity contribution in [2.75, 3.05) is 0 Å². The minimum atomic E-state index is -3.93. The Bertz CT molecular complexity index is 1350. The molecule has 3 nitrogen and oxygen atoms in total. The first-order valence-electron chi connectivity index (χ1n) is 8.32. The number of hydrogen-bond acceptors (Lipinski definition) is 3. The molecule has 0 bridgehead atoms. The van der Waals surface area contributed by atoms with Gasteiger partial charge in [-0.1, -0.05) is 58.5 Å². The van der Waals surface area contributed by atoms with Crippen molar-refractivity contribution >= 4 is 67.1 Å². The topological polar surface area (TPSA) is 47.0 Å². The van der Waals surface area contributed by atoms with Gasteiger partial charge in [0.05, 0.1) is 25.4 Å². The largest absolute Gasteiger partial charge is 0.253 e. The summed E-state index contributed by atoms with van der Waals surface area (Å²) < 4.78 is 26.9. The van der Waals surface area contributed by atoms with Crippen LogP contribution in [0.1, 0.15) is 0 Å². The summed E-state index contributed by atoms with van der Waals surface area (Å²) >= 11 is 24.9. The van der Waals surface area contributed by atoms with E-state index in [2.05, 4.69) is 4.98 Å². The van der Waals surface area contributed by atoms with Crippen LogP contribution in [0.5, 0.6) is 0 Å². The molecule has 0 atom stereocenters. The van der Waals surface area contributed by atoms with E-state index in [4.69, 9.17) is 46.4 Å². The maximum atomic E-state index is 13.5. The van der Waals surface area contributed by atoms with E-state index in [9.17, 15) is 8.42 Å². The van der Waals surface area contributed by atoms with Gasteiger partial charge in [-0.25, -0.2) is 8.42 Å². The first kappa shape index (κ1) is 20.5. The fraction of sp³-hybridized carbons (Fsp3) is 0. The summed E-state index contributed by atoms with van der Waals surface area (Å²) in [6.45, 7) is 0. The van der Waals surface area contributed by atoms with Crippen molar-refractivity contribution < 1.29 is 8.42 Å². The Morgan fingerprint density at radius 3 is 2.14 bits per heavy atom. The highest BCUT2D eigenvalue weighted by Gasteiger charge is 2.26. The molecule has 0 N–H and O–H groups in total. The summed E-state index contributed by atoms with van der Waals surface area (Å²) in [5, 5.41) is 2.03. The second kappa shape index (κ2) is 7.78. The van der Waals surface area contributed by atoms with Gasteiger partial charge in [0.15, 0.2) is 0 Å². The van der Waals surface area contributed by atoms with E-state index in [0.29, 0.717) is 42.1 Å². The molecule has 0 saturated carbocycles. The van der Waals surface area contributed by atoms with Crippen molar-refractivity contribution in [1.29, 1.82) is 0 Å². The van der Waals surface area contributed by atoms with Crippen LogP contribution >= 0.6 is 46.4 Å². The van der Waals surface area contributed by atoms with Crippen LogP contribution in [0.2, 0.25) is 20.1 Å². The average Bonchev–Trinajstić information content (AvgIpc) is 2.70. The molecule has 1 heterocycles. The molecule has 1 aromatic heterocycles.